The van der Waals surface area contributed by atoms with Crippen molar-refractivity contribution in [1.29, 1.82) is 0 Å². The van der Waals surface area contributed by atoms with Gasteiger partial charge in [-0.25, -0.2) is 4.39 Å². The molecule has 0 radical (unpaired) electrons. The van der Waals surface area contributed by atoms with Gasteiger partial charge in [-0.2, -0.15) is 0 Å². The summed E-state index contributed by atoms with van der Waals surface area (Å²) < 4.78 is 23.0. The minimum atomic E-state index is -2.16. The van der Waals surface area contributed by atoms with E-state index in [0.29, 0.717) is 32.2 Å². The fourth-order valence-corrected chi connectivity index (χ4v) is 3.64. The number of halogens is 3. The van der Waals surface area contributed by atoms with Crippen LogP contribution in [0.2, 0.25) is 0 Å². The van der Waals surface area contributed by atoms with Gasteiger partial charge in [0.1, 0.15) is 0 Å². The second-order valence-electron chi connectivity index (χ2n) is 6.51. The maximum Gasteiger partial charge on any atom is 0.257 e. The van der Waals surface area contributed by atoms with Crippen molar-refractivity contribution in [1.82, 2.24) is 0 Å². The molecule has 0 N–H and O–H groups in total. The predicted molar refractivity (Wildman–Crippen MR) is 91.3 cm³/mol. The third-order valence-electron chi connectivity index (χ3n) is 4.68. The fourth-order valence-electron chi connectivity index (χ4n) is 3.42. The molecule has 0 saturated heterocycles. The zero-order valence-corrected chi connectivity index (χ0v) is 15.6. The van der Waals surface area contributed by atoms with Gasteiger partial charge in [0.2, 0.25) is 0 Å². The van der Waals surface area contributed by atoms with Crippen molar-refractivity contribution in [2.45, 2.75) is 70.0 Å². The third kappa shape index (κ3) is 7.81. The normalized spacial score (nSPS) is 25.9. The molecule has 1 saturated carbocycles. The van der Waals surface area contributed by atoms with E-state index in [1.807, 2.05) is 13.8 Å². The van der Waals surface area contributed by atoms with Crippen LogP contribution < -0.4 is 0 Å². The maximum absolute atomic E-state index is 13.5. The Kier molecular flexibility index (Phi) is 9.61. The van der Waals surface area contributed by atoms with Crippen molar-refractivity contribution in [3.63, 3.8) is 0 Å². The summed E-state index contributed by atoms with van der Waals surface area (Å²) in [4.78, 5) is 0. The van der Waals surface area contributed by atoms with Crippen LogP contribution in [0.15, 0.2) is 0 Å². The van der Waals surface area contributed by atoms with Crippen molar-refractivity contribution in [2.24, 2.45) is 17.8 Å². The first kappa shape index (κ1) is 20.5. The highest BCUT2D eigenvalue weighted by molar-refractivity contribution is 6.47. The fraction of sp³-hybridized carbons (Fsp3) is 1.00. The molecule has 0 amide bonds. The summed E-state index contributed by atoms with van der Waals surface area (Å²) >= 11 is 11.0. The minimum absolute atomic E-state index is 0.111. The average molecular weight is 357 g/mol. The van der Waals surface area contributed by atoms with Crippen LogP contribution >= 0.6 is 23.2 Å². The quantitative estimate of drug-likeness (QED) is 0.463. The molecule has 2 unspecified atom stereocenters. The van der Waals surface area contributed by atoms with E-state index in [1.54, 1.807) is 0 Å². The minimum Gasteiger partial charge on any atom is -0.381 e. The molecule has 0 bridgehead atoms. The van der Waals surface area contributed by atoms with Gasteiger partial charge in [-0.15, -0.1) is 0 Å². The van der Waals surface area contributed by atoms with Gasteiger partial charge in [0.15, 0.2) is 0 Å². The second kappa shape index (κ2) is 10.3. The molecular weight excluding hydrogens is 326 g/mol. The lowest BCUT2D eigenvalue weighted by Crippen LogP contribution is -2.37. The van der Waals surface area contributed by atoms with Gasteiger partial charge < -0.3 is 9.47 Å². The van der Waals surface area contributed by atoms with Crippen LogP contribution in [-0.2, 0) is 9.47 Å². The Morgan fingerprint density at radius 1 is 1.14 bits per heavy atom. The van der Waals surface area contributed by atoms with Crippen LogP contribution in [0.5, 0.6) is 0 Å². The summed E-state index contributed by atoms with van der Waals surface area (Å²) in [7, 11) is 0. The summed E-state index contributed by atoms with van der Waals surface area (Å²) in [6.07, 6.45) is 5.65. The topological polar surface area (TPSA) is 18.5 Å². The van der Waals surface area contributed by atoms with Gasteiger partial charge >= 0.3 is 0 Å². The van der Waals surface area contributed by atoms with E-state index >= 15 is 0 Å². The number of hydrogen-bond donors (Lipinski definition) is 0. The molecule has 132 valence electrons. The molecule has 0 heterocycles. The lowest BCUT2D eigenvalue weighted by Gasteiger charge is -2.37. The van der Waals surface area contributed by atoms with Gasteiger partial charge in [-0.05, 0) is 44.9 Å². The number of rotatable bonds is 10. The van der Waals surface area contributed by atoms with Crippen LogP contribution in [0.3, 0.4) is 0 Å². The number of alkyl halides is 3. The molecule has 0 aromatic carbocycles. The highest BCUT2D eigenvalue weighted by Gasteiger charge is 2.34. The zero-order valence-electron chi connectivity index (χ0n) is 14.1. The van der Waals surface area contributed by atoms with E-state index in [-0.39, 0.29) is 18.4 Å². The van der Waals surface area contributed by atoms with E-state index in [2.05, 4.69) is 6.92 Å². The molecule has 0 aromatic heterocycles. The van der Waals surface area contributed by atoms with E-state index in [4.69, 9.17) is 32.7 Å². The molecule has 1 aliphatic carbocycles. The summed E-state index contributed by atoms with van der Waals surface area (Å²) in [5.41, 5.74) is 0. The van der Waals surface area contributed by atoms with Gasteiger partial charge in [0, 0.05) is 25.6 Å². The van der Waals surface area contributed by atoms with Crippen molar-refractivity contribution in [3.8, 4) is 0 Å². The third-order valence-corrected chi connectivity index (χ3v) is 5.06. The van der Waals surface area contributed by atoms with Gasteiger partial charge in [-0.1, -0.05) is 43.0 Å². The Hall–Kier alpha value is 0.430. The Morgan fingerprint density at radius 2 is 1.77 bits per heavy atom. The molecule has 0 aromatic rings. The Labute approximate surface area is 145 Å². The van der Waals surface area contributed by atoms with E-state index in [9.17, 15) is 4.39 Å². The van der Waals surface area contributed by atoms with Gasteiger partial charge in [-0.3, -0.25) is 0 Å². The maximum atomic E-state index is 13.5. The van der Waals surface area contributed by atoms with Crippen LogP contribution in [0.4, 0.5) is 4.39 Å². The molecule has 0 aliphatic heterocycles. The molecule has 2 nitrogen and oxygen atoms in total. The van der Waals surface area contributed by atoms with Crippen LogP contribution in [0.25, 0.3) is 0 Å². The zero-order chi connectivity index (χ0) is 16.6. The van der Waals surface area contributed by atoms with Gasteiger partial charge in [0.25, 0.3) is 4.59 Å². The highest BCUT2D eigenvalue weighted by Crippen LogP contribution is 2.37. The van der Waals surface area contributed by atoms with Crippen LogP contribution in [-0.4, -0.2) is 30.5 Å². The lowest BCUT2D eigenvalue weighted by molar-refractivity contribution is -0.0622. The smallest absolute Gasteiger partial charge is 0.257 e. The van der Waals surface area contributed by atoms with Crippen molar-refractivity contribution < 1.29 is 13.9 Å². The summed E-state index contributed by atoms with van der Waals surface area (Å²) in [5.74, 6) is 1.47. The van der Waals surface area contributed by atoms with Gasteiger partial charge in [0.05, 0.1) is 12.7 Å². The monoisotopic (exact) mass is 356 g/mol. The Morgan fingerprint density at radius 3 is 2.27 bits per heavy atom. The predicted octanol–water partition coefficient (Wildman–Crippen LogP) is 5.75. The van der Waals surface area contributed by atoms with E-state index in [0.717, 1.165) is 5.92 Å². The molecule has 2 atom stereocenters. The van der Waals surface area contributed by atoms with E-state index < -0.39 is 4.59 Å². The van der Waals surface area contributed by atoms with Crippen molar-refractivity contribution >= 4 is 23.2 Å². The first-order valence-electron chi connectivity index (χ1n) is 8.63. The number of hydrogen-bond acceptors (Lipinski definition) is 2. The van der Waals surface area contributed by atoms with E-state index in [1.165, 1.54) is 25.7 Å². The molecule has 0 spiro atoms. The standard InChI is InChI=1S/C17H31Cl2FO2/c1-4-21-12-15(10-11-17(18,19)20)16(22-5-2)14-8-6-13(3)7-9-14/h13-16H,4-12H2,1-3H3. The molecule has 5 heteroatoms. The highest BCUT2D eigenvalue weighted by atomic mass is 35.5. The molecule has 1 rings (SSSR count). The largest absolute Gasteiger partial charge is 0.381 e. The summed E-state index contributed by atoms with van der Waals surface area (Å²) in [6, 6.07) is 0. The van der Waals surface area contributed by atoms with Crippen LogP contribution in [0.1, 0.15) is 59.3 Å². The lowest BCUT2D eigenvalue weighted by atomic mass is 9.76. The molecule has 22 heavy (non-hydrogen) atoms. The summed E-state index contributed by atoms with van der Waals surface area (Å²) in [5, 5.41) is 0. The van der Waals surface area contributed by atoms with Crippen molar-refractivity contribution in [2.75, 3.05) is 19.8 Å². The molecule has 1 aliphatic rings. The first-order chi connectivity index (χ1) is 10.4. The molecular formula is C17H31Cl2FO2. The SMILES string of the molecule is CCOCC(CCC(F)(Cl)Cl)C(OCC)C1CCC(C)CC1. The Bertz CT molecular complexity index is 289. The van der Waals surface area contributed by atoms with Crippen LogP contribution in [0, 0.1) is 17.8 Å². The molecule has 1 fully saturated rings. The number of ether oxygens (including phenoxy) is 2. The Balaban J connectivity index is 2.69. The second-order valence-corrected chi connectivity index (χ2v) is 7.90. The van der Waals surface area contributed by atoms with Crippen molar-refractivity contribution in [3.05, 3.63) is 0 Å². The summed E-state index contributed by atoms with van der Waals surface area (Å²) in [6.45, 7) is 8.19. The first-order valence-corrected chi connectivity index (χ1v) is 9.39. The average Bonchev–Trinajstić information content (AvgIpc) is 2.46.